The summed E-state index contributed by atoms with van der Waals surface area (Å²) in [4.78, 5) is 33.2. The van der Waals surface area contributed by atoms with Crippen molar-refractivity contribution in [2.75, 3.05) is 13.1 Å². The third-order valence-corrected chi connectivity index (χ3v) is 6.96. The molecule has 2 amide bonds. The molecule has 6 nitrogen and oxygen atoms in total. The van der Waals surface area contributed by atoms with Gasteiger partial charge in [0.25, 0.3) is 5.91 Å². The third-order valence-electron chi connectivity index (χ3n) is 6.71. The summed E-state index contributed by atoms with van der Waals surface area (Å²) in [5.41, 5.74) is 1.58. The molecule has 1 aliphatic rings. The predicted molar refractivity (Wildman–Crippen MR) is 137 cm³/mol. The van der Waals surface area contributed by atoms with Gasteiger partial charge in [-0.05, 0) is 47.4 Å². The van der Waals surface area contributed by atoms with Gasteiger partial charge in [0.2, 0.25) is 5.91 Å². The Kier molecular flexibility index (Phi) is 6.55. The van der Waals surface area contributed by atoms with E-state index in [0.717, 1.165) is 35.0 Å². The van der Waals surface area contributed by atoms with E-state index in [1.54, 1.807) is 6.20 Å². The van der Waals surface area contributed by atoms with Gasteiger partial charge in [-0.25, -0.2) is 4.98 Å². The summed E-state index contributed by atoms with van der Waals surface area (Å²) in [5, 5.41) is 5.79. The van der Waals surface area contributed by atoms with Crippen LogP contribution in [0.1, 0.15) is 40.6 Å². The van der Waals surface area contributed by atoms with Gasteiger partial charge in [-0.3, -0.25) is 9.59 Å². The number of hydrogen-bond acceptors (Lipinski definition) is 3. The fraction of sp³-hybridized carbons (Fsp3) is 0.250. The molecule has 1 fully saturated rings. The molecule has 2 atom stereocenters. The van der Waals surface area contributed by atoms with Crippen LogP contribution in [0.25, 0.3) is 10.8 Å². The van der Waals surface area contributed by atoms with Crippen LogP contribution in [0.5, 0.6) is 0 Å². The van der Waals surface area contributed by atoms with Crippen molar-refractivity contribution >= 4 is 34.2 Å². The highest BCUT2D eigenvalue weighted by Gasteiger charge is 2.31. The van der Waals surface area contributed by atoms with Crippen molar-refractivity contribution in [3.05, 3.63) is 101 Å². The zero-order valence-electron chi connectivity index (χ0n) is 19.5. The van der Waals surface area contributed by atoms with Crippen LogP contribution in [0.4, 0.5) is 0 Å². The molecule has 35 heavy (non-hydrogen) atoms. The van der Waals surface area contributed by atoms with Crippen molar-refractivity contribution in [2.24, 2.45) is 13.0 Å². The number of nitrogens with one attached hydrogen (secondary N) is 1. The molecule has 1 N–H and O–H groups in total. The highest BCUT2D eigenvalue weighted by molar-refractivity contribution is 6.30. The fourth-order valence-corrected chi connectivity index (χ4v) is 4.95. The van der Waals surface area contributed by atoms with Crippen LogP contribution in [0.3, 0.4) is 0 Å². The van der Waals surface area contributed by atoms with E-state index in [-0.39, 0.29) is 17.7 Å². The summed E-state index contributed by atoms with van der Waals surface area (Å²) < 4.78 is 1.90. The maximum atomic E-state index is 13.5. The second-order valence-corrected chi connectivity index (χ2v) is 9.44. The van der Waals surface area contributed by atoms with Gasteiger partial charge < -0.3 is 14.8 Å². The Bertz CT molecular complexity index is 1360. The van der Waals surface area contributed by atoms with Gasteiger partial charge in [-0.2, -0.15) is 0 Å². The van der Waals surface area contributed by atoms with E-state index in [0.29, 0.717) is 23.7 Å². The largest absolute Gasteiger partial charge is 0.342 e. The molecule has 2 heterocycles. The number of aromatic nitrogens is 2. The van der Waals surface area contributed by atoms with E-state index < -0.39 is 6.04 Å². The Labute approximate surface area is 209 Å². The van der Waals surface area contributed by atoms with Gasteiger partial charge >= 0.3 is 0 Å². The molecule has 3 aromatic carbocycles. The number of likely N-dealkylation sites (tertiary alicyclic amines) is 1. The molecular weight excluding hydrogens is 460 g/mol. The number of piperidine rings is 1. The molecule has 0 aliphatic carbocycles. The number of halogens is 1. The summed E-state index contributed by atoms with van der Waals surface area (Å²) in [5.74, 6) is 0.332. The van der Waals surface area contributed by atoms with Gasteiger partial charge in [0.05, 0.1) is 5.92 Å². The molecule has 1 aliphatic heterocycles. The highest BCUT2D eigenvalue weighted by Crippen LogP contribution is 2.26. The predicted octanol–water partition coefficient (Wildman–Crippen LogP) is 4.98. The van der Waals surface area contributed by atoms with Crippen molar-refractivity contribution in [2.45, 2.75) is 18.9 Å². The topological polar surface area (TPSA) is 67.2 Å². The Morgan fingerprint density at radius 3 is 2.60 bits per heavy atom. The first-order chi connectivity index (χ1) is 17.0. The molecule has 7 heteroatoms. The lowest BCUT2D eigenvalue weighted by molar-refractivity contribution is -0.126. The van der Waals surface area contributed by atoms with Crippen molar-refractivity contribution in [1.82, 2.24) is 19.8 Å². The standard InChI is InChI=1S/C28H27ClN4O2/c1-32-17-15-30-26(32)25(20-11-13-22(29)14-12-20)31-27(34)21-8-5-16-33(18-21)28(35)24-10-4-7-19-6-2-3-9-23(19)24/h2-4,6-7,9-15,17,21,25H,5,8,16,18H2,1H3,(H,31,34)/t21-,25-/m1/s1. The van der Waals surface area contributed by atoms with Crippen molar-refractivity contribution in [1.29, 1.82) is 0 Å². The minimum atomic E-state index is -0.413. The average Bonchev–Trinajstić information content (AvgIpc) is 3.32. The van der Waals surface area contributed by atoms with Crippen molar-refractivity contribution in [3.8, 4) is 0 Å². The molecule has 0 spiro atoms. The lowest BCUT2D eigenvalue weighted by Crippen LogP contribution is -2.46. The van der Waals surface area contributed by atoms with E-state index >= 15 is 0 Å². The molecule has 0 radical (unpaired) electrons. The first-order valence-corrected chi connectivity index (χ1v) is 12.2. The number of rotatable bonds is 5. The third kappa shape index (κ3) is 4.80. The molecule has 1 saturated heterocycles. The Morgan fingerprint density at radius 1 is 1.06 bits per heavy atom. The van der Waals surface area contributed by atoms with Gasteiger partial charge in [-0.1, -0.05) is 60.1 Å². The SMILES string of the molecule is Cn1ccnc1[C@H](NC(=O)[C@@H]1CCCN(C(=O)c2cccc3ccccc23)C1)c1ccc(Cl)cc1. The molecular formula is C28H27ClN4O2. The molecule has 5 rings (SSSR count). The van der Waals surface area contributed by atoms with E-state index in [4.69, 9.17) is 11.6 Å². The number of fused-ring (bicyclic) bond motifs is 1. The number of nitrogens with zero attached hydrogens (tertiary/aromatic N) is 3. The van der Waals surface area contributed by atoms with Crippen LogP contribution in [0.2, 0.25) is 5.02 Å². The average molecular weight is 487 g/mol. The van der Waals surface area contributed by atoms with Crippen LogP contribution in [-0.2, 0) is 11.8 Å². The molecule has 178 valence electrons. The molecule has 4 aromatic rings. The maximum absolute atomic E-state index is 13.5. The number of carbonyl (C=O) groups is 2. The van der Waals surface area contributed by atoms with E-state index in [9.17, 15) is 9.59 Å². The summed E-state index contributed by atoms with van der Waals surface area (Å²) in [6.07, 6.45) is 5.09. The Balaban J connectivity index is 1.35. The molecule has 0 unspecified atom stereocenters. The van der Waals surface area contributed by atoms with Crippen LogP contribution in [0, 0.1) is 5.92 Å². The molecule has 0 bridgehead atoms. The number of benzene rings is 3. The number of amides is 2. The second kappa shape index (κ2) is 9.92. The number of imidazole rings is 1. The van der Waals surface area contributed by atoms with Gasteiger partial charge in [-0.15, -0.1) is 0 Å². The number of carbonyl (C=O) groups excluding carboxylic acids is 2. The molecule has 1 aromatic heterocycles. The van der Waals surface area contributed by atoms with Gasteiger partial charge in [0, 0.05) is 43.1 Å². The second-order valence-electron chi connectivity index (χ2n) is 9.01. The van der Waals surface area contributed by atoms with Crippen LogP contribution >= 0.6 is 11.6 Å². The quantitative estimate of drug-likeness (QED) is 0.432. The summed E-state index contributed by atoms with van der Waals surface area (Å²) in [6, 6.07) is 20.7. The van der Waals surface area contributed by atoms with E-state index in [1.807, 2.05) is 89.4 Å². The first-order valence-electron chi connectivity index (χ1n) is 11.8. The van der Waals surface area contributed by atoms with Crippen molar-refractivity contribution < 1.29 is 9.59 Å². The fourth-order valence-electron chi connectivity index (χ4n) is 4.83. The number of aryl methyl sites for hydroxylation is 1. The first kappa shape index (κ1) is 23.1. The Morgan fingerprint density at radius 2 is 1.83 bits per heavy atom. The number of hydrogen-bond donors (Lipinski definition) is 1. The zero-order chi connectivity index (χ0) is 24.4. The Hall–Kier alpha value is -3.64. The minimum Gasteiger partial charge on any atom is -0.342 e. The van der Waals surface area contributed by atoms with Crippen LogP contribution < -0.4 is 5.32 Å². The lowest BCUT2D eigenvalue weighted by Gasteiger charge is -2.33. The summed E-state index contributed by atoms with van der Waals surface area (Å²) >= 11 is 6.09. The summed E-state index contributed by atoms with van der Waals surface area (Å²) in [6.45, 7) is 1.04. The smallest absolute Gasteiger partial charge is 0.254 e. The normalized spacial score (nSPS) is 16.7. The lowest BCUT2D eigenvalue weighted by atomic mass is 9.94. The molecule has 0 saturated carbocycles. The van der Waals surface area contributed by atoms with Crippen LogP contribution in [0.15, 0.2) is 79.1 Å². The monoisotopic (exact) mass is 486 g/mol. The van der Waals surface area contributed by atoms with E-state index in [2.05, 4.69) is 10.3 Å². The highest BCUT2D eigenvalue weighted by atomic mass is 35.5. The van der Waals surface area contributed by atoms with Crippen LogP contribution in [-0.4, -0.2) is 39.4 Å². The minimum absolute atomic E-state index is 0.0300. The zero-order valence-corrected chi connectivity index (χ0v) is 20.3. The van der Waals surface area contributed by atoms with E-state index in [1.165, 1.54) is 0 Å². The summed E-state index contributed by atoms with van der Waals surface area (Å²) in [7, 11) is 1.91. The van der Waals surface area contributed by atoms with Crippen molar-refractivity contribution in [3.63, 3.8) is 0 Å². The maximum Gasteiger partial charge on any atom is 0.254 e. The van der Waals surface area contributed by atoms with Gasteiger partial charge in [0.15, 0.2) is 0 Å². The van der Waals surface area contributed by atoms with Gasteiger partial charge in [0.1, 0.15) is 11.9 Å².